The summed E-state index contributed by atoms with van der Waals surface area (Å²) in [4.78, 5) is 22.0. The van der Waals surface area contributed by atoms with Crippen molar-refractivity contribution in [2.75, 3.05) is 6.54 Å². The lowest BCUT2D eigenvalue weighted by atomic mass is 9.74. The number of carbonyl (C=O) groups is 2. The van der Waals surface area contributed by atoms with Crippen molar-refractivity contribution >= 4 is 11.9 Å². The molecule has 1 aliphatic heterocycles. The highest BCUT2D eigenvalue weighted by molar-refractivity contribution is 5.97. The molecule has 1 rings (SSSR count). The highest BCUT2D eigenvalue weighted by Gasteiger charge is 2.38. The number of carbonyl (C=O) groups excluding carboxylic acids is 1. The van der Waals surface area contributed by atoms with E-state index in [1.807, 2.05) is 0 Å². The maximum atomic E-state index is 11.2. The fraction of sp³-hybridized carbons (Fsp3) is 0.800. The molecule has 4 nitrogen and oxygen atoms in total. The predicted molar refractivity (Wildman–Crippen MR) is 51.7 cm³/mol. The van der Waals surface area contributed by atoms with Gasteiger partial charge in [0.15, 0.2) is 0 Å². The van der Waals surface area contributed by atoms with E-state index in [0.29, 0.717) is 13.0 Å². The monoisotopic (exact) mass is 199 g/mol. The predicted octanol–water partition coefficient (Wildman–Crippen LogP) is 0.869. The van der Waals surface area contributed by atoms with Crippen molar-refractivity contribution in [3.05, 3.63) is 0 Å². The minimum absolute atomic E-state index is 0.0431. The molecular weight excluding hydrogens is 182 g/mol. The highest BCUT2D eigenvalue weighted by atomic mass is 16.4. The third-order valence-corrected chi connectivity index (χ3v) is 2.88. The maximum absolute atomic E-state index is 11.2. The minimum Gasteiger partial charge on any atom is -0.481 e. The van der Waals surface area contributed by atoms with Gasteiger partial charge in [0.25, 0.3) is 0 Å². The first-order valence-electron chi connectivity index (χ1n) is 4.83. The lowest BCUT2D eigenvalue weighted by molar-refractivity contribution is -0.149. The molecule has 2 N–H and O–H groups in total. The van der Waals surface area contributed by atoms with Gasteiger partial charge in [0.2, 0.25) is 5.91 Å². The zero-order chi connectivity index (χ0) is 10.9. The van der Waals surface area contributed by atoms with Gasteiger partial charge in [-0.25, -0.2) is 0 Å². The summed E-state index contributed by atoms with van der Waals surface area (Å²) < 4.78 is 0. The van der Waals surface area contributed by atoms with Gasteiger partial charge in [-0.2, -0.15) is 0 Å². The summed E-state index contributed by atoms with van der Waals surface area (Å²) in [7, 11) is 0. The lowest BCUT2D eigenvalue weighted by Gasteiger charge is -2.36. The van der Waals surface area contributed by atoms with Crippen LogP contribution in [0.25, 0.3) is 0 Å². The Bertz CT molecular complexity index is 255. The number of nitrogens with one attached hydrogen (secondary N) is 1. The number of amides is 1. The molecule has 4 heteroatoms. The van der Waals surface area contributed by atoms with Crippen molar-refractivity contribution in [3.8, 4) is 0 Å². The van der Waals surface area contributed by atoms with Crippen LogP contribution in [0.3, 0.4) is 0 Å². The van der Waals surface area contributed by atoms with E-state index < -0.39 is 11.9 Å². The van der Waals surface area contributed by atoms with Crippen LogP contribution in [0.4, 0.5) is 0 Å². The number of rotatable bonds is 1. The van der Waals surface area contributed by atoms with Crippen LogP contribution in [0.15, 0.2) is 0 Å². The Morgan fingerprint density at radius 2 is 2.07 bits per heavy atom. The second-order valence-corrected chi connectivity index (χ2v) is 4.93. The summed E-state index contributed by atoms with van der Waals surface area (Å²) in [5, 5.41) is 11.5. The van der Waals surface area contributed by atoms with Crippen molar-refractivity contribution in [2.45, 2.75) is 27.2 Å². The van der Waals surface area contributed by atoms with Gasteiger partial charge in [-0.1, -0.05) is 20.8 Å². The van der Waals surface area contributed by atoms with E-state index in [-0.39, 0.29) is 17.2 Å². The Labute approximate surface area is 83.7 Å². The van der Waals surface area contributed by atoms with Crippen LogP contribution < -0.4 is 5.32 Å². The van der Waals surface area contributed by atoms with Crippen molar-refractivity contribution in [1.29, 1.82) is 0 Å². The number of carboxylic acid groups (broad SMARTS) is 1. The largest absolute Gasteiger partial charge is 0.481 e. The summed E-state index contributed by atoms with van der Waals surface area (Å²) in [5.41, 5.74) is 0.0431. The number of hydrogen-bond donors (Lipinski definition) is 2. The molecule has 0 aromatic carbocycles. The van der Waals surface area contributed by atoms with Crippen LogP contribution in [-0.2, 0) is 9.59 Å². The zero-order valence-corrected chi connectivity index (χ0v) is 8.83. The Balaban J connectivity index is 2.72. The van der Waals surface area contributed by atoms with Gasteiger partial charge >= 0.3 is 5.97 Å². The van der Waals surface area contributed by atoms with E-state index in [2.05, 4.69) is 26.1 Å². The lowest BCUT2D eigenvalue weighted by Crippen LogP contribution is -2.48. The van der Waals surface area contributed by atoms with E-state index in [4.69, 9.17) is 5.11 Å². The van der Waals surface area contributed by atoms with Crippen LogP contribution in [0.5, 0.6) is 0 Å². The quantitative estimate of drug-likeness (QED) is 0.616. The molecule has 0 aliphatic carbocycles. The summed E-state index contributed by atoms with van der Waals surface area (Å²) in [6.07, 6.45) is 0.449. The van der Waals surface area contributed by atoms with Gasteiger partial charge < -0.3 is 10.4 Å². The second kappa shape index (κ2) is 3.59. The Kier molecular flexibility index (Phi) is 2.83. The van der Waals surface area contributed by atoms with E-state index in [0.717, 1.165) is 0 Å². The third-order valence-electron chi connectivity index (χ3n) is 2.88. The Morgan fingerprint density at radius 1 is 1.50 bits per heavy atom. The van der Waals surface area contributed by atoms with Crippen molar-refractivity contribution in [2.24, 2.45) is 17.3 Å². The van der Waals surface area contributed by atoms with Gasteiger partial charge in [-0.15, -0.1) is 0 Å². The molecule has 14 heavy (non-hydrogen) atoms. The summed E-state index contributed by atoms with van der Waals surface area (Å²) in [6, 6.07) is 0. The average molecular weight is 199 g/mol. The van der Waals surface area contributed by atoms with Gasteiger partial charge in [0.1, 0.15) is 5.92 Å². The van der Waals surface area contributed by atoms with Gasteiger partial charge in [0, 0.05) is 6.54 Å². The van der Waals surface area contributed by atoms with E-state index in [1.54, 1.807) is 0 Å². The number of aliphatic carboxylic acids is 1. The van der Waals surface area contributed by atoms with Crippen molar-refractivity contribution in [3.63, 3.8) is 0 Å². The van der Waals surface area contributed by atoms with Crippen LogP contribution in [0.2, 0.25) is 0 Å². The maximum Gasteiger partial charge on any atom is 0.316 e. The molecule has 1 saturated heterocycles. The second-order valence-electron chi connectivity index (χ2n) is 4.93. The molecule has 0 saturated carbocycles. The smallest absolute Gasteiger partial charge is 0.316 e. The van der Waals surface area contributed by atoms with Gasteiger partial charge in [-0.3, -0.25) is 9.59 Å². The molecule has 1 heterocycles. The summed E-state index contributed by atoms with van der Waals surface area (Å²) in [6.45, 7) is 6.78. The molecule has 1 fully saturated rings. The molecule has 0 spiro atoms. The number of carboxylic acids is 1. The van der Waals surface area contributed by atoms with E-state index >= 15 is 0 Å². The molecule has 0 bridgehead atoms. The van der Waals surface area contributed by atoms with Crippen molar-refractivity contribution < 1.29 is 14.7 Å². The normalized spacial score (nSPS) is 28.4. The van der Waals surface area contributed by atoms with Crippen LogP contribution in [0.1, 0.15) is 27.2 Å². The molecule has 0 aromatic rings. The van der Waals surface area contributed by atoms with E-state index in [9.17, 15) is 9.59 Å². The molecular formula is C10H17NO3. The molecule has 1 aliphatic rings. The highest BCUT2D eigenvalue weighted by Crippen LogP contribution is 2.33. The molecule has 2 unspecified atom stereocenters. The SMILES string of the molecule is CC(C)(C)C1CNC(=O)C(C(=O)O)C1. The minimum atomic E-state index is -1.02. The first-order chi connectivity index (χ1) is 6.32. The molecule has 0 radical (unpaired) electrons. The molecule has 80 valence electrons. The van der Waals surface area contributed by atoms with Gasteiger partial charge in [-0.05, 0) is 17.8 Å². The molecule has 2 atom stereocenters. The fourth-order valence-corrected chi connectivity index (χ4v) is 1.69. The van der Waals surface area contributed by atoms with Crippen LogP contribution in [0, 0.1) is 17.3 Å². The first kappa shape index (κ1) is 11.0. The topological polar surface area (TPSA) is 66.4 Å². The van der Waals surface area contributed by atoms with E-state index in [1.165, 1.54) is 0 Å². The fourth-order valence-electron chi connectivity index (χ4n) is 1.69. The summed E-state index contributed by atoms with van der Waals surface area (Å²) >= 11 is 0. The van der Waals surface area contributed by atoms with Crippen LogP contribution in [-0.4, -0.2) is 23.5 Å². The Hall–Kier alpha value is -1.06. The van der Waals surface area contributed by atoms with Crippen LogP contribution >= 0.6 is 0 Å². The zero-order valence-electron chi connectivity index (χ0n) is 8.83. The van der Waals surface area contributed by atoms with Crippen molar-refractivity contribution in [1.82, 2.24) is 5.32 Å². The standard InChI is InChI=1S/C10H17NO3/c1-10(2,3)6-4-7(9(13)14)8(12)11-5-6/h6-7H,4-5H2,1-3H3,(H,11,12)(H,13,14). The molecule has 1 amide bonds. The summed E-state index contributed by atoms with van der Waals surface area (Å²) in [5.74, 6) is -2.00. The Morgan fingerprint density at radius 3 is 2.50 bits per heavy atom. The number of hydrogen-bond acceptors (Lipinski definition) is 2. The first-order valence-corrected chi connectivity index (χ1v) is 4.83. The van der Waals surface area contributed by atoms with Gasteiger partial charge in [0.05, 0.1) is 0 Å². The average Bonchev–Trinajstić information content (AvgIpc) is 2.02. The molecule has 0 aromatic heterocycles. The number of piperidine rings is 1. The third kappa shape index (κ3) is 2.25.